The van der Waals surface area contributed by atoms with Crippen LogP contribution in [0.15, 0.2) is 243 Å². The van der Waals surface area contributed by atoms with E-state index < -0.39 is 0 Å². The molecule has 0 bridgehead atoms. The predicted octanol–water partition coefficient (Wildman–Crippen LogP) is 16.4. The molecule has 0 atom stereocenters. The fourth-order valence-corrected chi connectivity index (χ4v) is 10.0. The Morgan fingerprint density at radius 1 is 0.239 bits per heavy atom. The highest BCUT2D eigenvalue weighted by Crippen LogP contribution is 2.43. The van der Waals surface area contributed by atoms with Gasteiger partial charge in [0.25, 0.3) is 0 Å². The first-order chi connectivity index (χ1) is 33.2. The third kappa shape index (κ3) is 6.65. The fourth-order valence-electron chi connectivity index (χ4n) is 10.0. The number of para-hydroxylation sites is 1. The van der Waals surface area contributed by atoms with Gasteiger partial charge in [0.05, 0.1) is 11.0 Å². The number of benzene rings is 11. The first kappa shape index (κ1) is 38.5. The average Bonchev–Trinajstić information content (AvgIpc) is 3.75. The third-order valence-corrected chi connectivity index (χ3v) is 13.3. The lowest BCUT2D eigenvalue weighted by Crippen LogP contribution is -2.01. The van der Waals surface area contributed by atoms with Crippen LogP contribution in [0.25, 0.3) is 127 Å². The second-order valence-electron chi connectivity index (χ2n) is 17.1. The van der Waals surface area contributed by atoms with Gasteiger partial charge in [0.1, 0.15) is 0 Å². The van der Waals surface area contributed by atoms with Gasteiger partial charge in [0.15, 0.2) is 17.5 Å². The number of fused-ring (bicyclic) bond motifs is 9. The summed E-state index contributed by atoms with van der Waals surface area (Å²) in [4.78, 5) is 15.6. The predicted molar refractivity (Wildman–Crippen MR) is 279 cm³/mol. The summed E-state index contributed by atoms with van der Waals surface area (Å²) in [5.41, 5.74) is 13.4. The topological polar surface area (TPSA) is 43.6 Å². The minimum absolute atomic E-state index is 0.632. The second kappa shape index (κ2) is 15.9. The van der Waals surface area contributed by atoms with Gasteiger partial charge in [0.2, 0.25) is 0 Å². The molecule has 0 fully saturated rings. The fraction of sp³-hybridized carbons (Fsp3) is 0. The van der Waals surface area contributed by atoms with E-state index in [0.717, 1.165) is 55.2 Å². The normalized spacial score (nSPS) is 11.6. The van der Waals surface area contributed by atoms with Crippen molar-refractivity contribution >= 4 is 54.1 Å². The molecular weight excluding hydrogens is 813 g/mol. The standard InChI is InChI=1S/C63H40N4/c1-4-15-41(16-5-1)43-27-29-46(30-28-43)62-64-61(45-19-8-3-9-20-45)65-63(66-62)56-25-14-24-54-50-21-10-11-22-51(50)57-39-47(34-38-55(57)60(54)56)48-33-37-53-52-23-12-13-26-58(52)67(59(53)40-48)49-35-31-44(32-36-49)42-17-6-2-7-18-42/h1-40H. The van der Waals surface area contributed by atoms with Gasteiger partial charge in [-0.1, -0.05) is 212 Å². The van der Waals surface area contributed by atoms with Crippen molar-refractivity contribution in [2.45, 2.75) is 0 Å². The molecule has 67 heavy (non-hydrogen) atoms. The quantitative estimate of drug-likeness (QED) is 0.150. The molecule has 4 heteroatoms. The molecule has 0 saturated heterocycles. The summed E-state index contributed by atoms with van der Waals surface area (Å²) in [7, 11) is 0. The molecule has 0 radical (unpaired) electrons. The molecule has 13 rings (SSSR count). The minimum atomic E-state index is 0.632. The number of hydrogen-bond donors (Lipinski definition) is 0. The van der Waals surface area contributed by atoms with E-state index in [2.05, 4.69) is 223 Å². The Morgan fingerprint density at radius 3 is 1.31 bits per heavy atom. The van der Waals surface area contributed by atoms with Crippen LogP contribution in [-0.4, -0.2) is 19.5 Å². The second-order valence-corrected chi connectivity index (χ2v) is 17.1. The average molecular weight is 853 g/mol. The van der Waals surface area contributed by atoms with E-state index in [1.807, 2.05) is 24.3 Å². The maximum atomic E-state index is 5.28. The summed E-state index contributed by atoms with van der Waals surface area (Å²) in [5, 5.41) is 9.47. The Bertz CT molecular complexity index is 3990. The Kier molecular flexibility index (Phi) is 9.14. The molecule has 0 unspecified atom stereocenters. The van der Waals surface area contributed by atoms with Crippen LogP contribution in [0.4, 0.5) is 0 Å². The largest absolute Gasteiger partial charge is 0.309 e. The molecule has 0 aliphatic carbocycles. The summed E-state index contributed by atoms with van der Waals surface area (Å²) in [6.07, 6.45) is 0. The third-order valence-electron chi connectivity index (χ3n) is 13.3. The van der Waals surface area contributed by atoms with Crippen LogP contribution < -0.4 is 0 Å². The van der Waals surface area contributed by atoms with E-state index in [9.17, 15) is 0 Å². The molecule has 13 aromatic rings. The minimum Gasteiger partial charge on any atom is -0.309 e. The molecular formula is C63H40N4. The number of hydrogen-bond acceptors (Lipinski definition) is 3. The van der Waals surface area contributed by atoms with Gasteiger partial charge in [0, 0.05) is 38.5 Å². The zero-order valence-corrected chi connectivity index (χ0v) is 36.4. The Labute approximate surface area is 387 Å². The van der Waals surface area contributed by atoms with Gasteiger partial charge < -0.3 is 4.57 Å². The molecule has 11 aromatic carbocycles. The Hall–Kier alpha value is -8.99. The molecule has 4 nitrogen and oxygen atoms in total. The van der Waals surface area contributed by atoms with Gasteiger partial charge >= 0.3 is 0 Å². The molecule has 0 aliphatic rings. The number of aromatic nitrogens is 4. The van der Waals surface area contributed by atoms with Crippen molar-refractivity contribution in [3.63, 3.8) is 0 Å². The lowest BCUT2D eigenvalue weighted by molar-refractivity contribution is 1.08. The van der Waals surface area contributed by atoms with Crippen molar-refractivity contribution < 1.29 is 0 Å². The lowest BCUT2D eigenvalue weighted by Gasteiger charge is -2.16. The molecule has 0 amide bonds. The smallest absolute Gasteiger partial charge is 0.164 e. The maximum absolute atomic E-state index is 5.28. The highest BCUT2D eigenvalue weighted by Gasteiger charge is 2.19. The van der Waals surface area contributed by atoms with E-state index in [-0.39, 0.29) is 0 Å². The van der Waals surface area contributed by atoms with Crippen molar-refractivity contribution in [1.29, 1.82) is 0 Å². The summed E-state index contributed by atoms with van der Waals surface area (Å²) in [6, 6.07) is 86.6. The van der Waals surface area contributed by atoms with Crippen molar-refractivity contribution in [3.05, 3.63) is 243 Å². The van der Waals surface area contributed by atoms with E-state index in [0.29, 0.717) is 17.5 Å². The maximum Gasteiger partial charge on any atom is 0.164 e. The summed E-state index contributed by atoms with van der Waals surface area (Å²) < 4.78 is 2.41. The van der Waals surface area contributed by atoms with Gasteiger partial charge in [-0.15, -0.1) is 0 Å². The van der Waals surface area contributed by atoms with E-state index >= 15 is 0 Å². The zero-order valence-electron chi connectivity index (χ0n) is 36.4. The molecule has 0 aliphatic heterocycles. The molecule has 0 spiro atoms. The van der Waals surface area contributed by atoms with Gasteiger partial charge in [-0.25, -0.2) is 15.0 Å². The van der Waals surface area contributed by atoms with Crippen LogP contribution in [0.1, 0.15) is 0 Å². The SMILES string of the molecule is c1ccc(-c2ccc(-c3nc(-c4ccccc4)nc(-c4cccc5c6ccccc6c6cc(-c7ccc8c9ccccc9n(-c9ccc(-c%10ccccc%10)cc9)c8c7)ccc6c45)n3)cc2)cc1. The van der Waals surface area contributed by atoms with E-state index in [1.54, 1.807) is 0 Å². The molecule has 0 saturated carbocycles. The van der Waals surface area contributed by atoms with Gasteiger partial charge in [-0.05, 0) is 90.6 Å². The lowest BCUT2D eigenvalue weighted by atomic mass is 9.89. The Balaban J connectivity index is 0.981. The summed E-state index contributed by atoms with van der Waals surface area (Å²) in [5.74, 6) is 1.90. The first-order valence-corrected chi connectivity index (χ1v) is 22.8. The molecule has 2 aromatic heterocycles. The van der Waals surface area contributed by atoms with Crippen LogP contribution in [0.5, 0.6) is 0 Å². The monoisotopic (exact) mass is 852 g/mol. The number of nitrogens with zero attached hydrogens (tertiary/aromatic N) is 4. The number of rotatable bonds is 7. The Morgan fingerprint density at radius 2 is 0.657 bits per heavy atom. The highest BCUT2D eigenvalue weighted by atomic mass is 15.0. The van der Waals surface area contributed by atoms with Crippen molar-refractivity contribution in [2.24, 2.45) is 0 Å². The molecule has 2 heterocycles. The highest BCUT2D eigenvalue weighted by molar-refractivity contribution is 6.28. The van der Waals surface area contributed by atoms with Crippen molar-refractivity contribution in [2.75, 3.05) is 0 Å². The molecule has 0 N–H and O–H groups in total. The van der Waals surface area contributed by atoms with Crippen LogP contribution in [0, 0.1) is 0 Å². The van der Waals surface area contributed by atoms with Crippen molar-refractivity contribution in [1.82, 2.24) is 19.5 Å². The van der Waals surface area contributed by atoms with E-state index in [1.165, 1.54) is 54.7 Å². The van der Waals surface area contributed by atoms with Gasteiger partial charge in [-0.3, -0.25) is 0 Å². The van der Waals surface area contributed by atoms with Crippen LogP contribution in [0.3, 0.4) is 0 Å². The van der Waals surface area contributed by atoms with Crippen molar-refractivity contribution in [3.8, 4) is 73.2 Å². The van der Waals surface area contributed by atoms with E-state index in [4.69, 9.17) is 15.0 Å². The van der Waals surface area contributed by atoms with Gasteiger partial charge in [-0.2, -0.15) is 0 Å². The summed E-state index contributed by atoms with van der Waals surface area (Å²) >= 11 is 0. The summed E-state index contributed by atoms with van der Waals surface area (Å²) in [6.45, 7) is 0. The molecule has 312 valence electrons. The van der Waals surface area contributed by atoms with Crippen LogP contribution in [0.2, 0.25) is 0 Å². The first-order valence-electron chi connectivity index (χ1n) is 22.8. The zero-order chi connectivity index (χ0) is 44.3. The van der Waals surface area contributed by atoms with Crippen LogP contribution in [-0.2, 0) is 0 Å². The van der Waals surface area contributed by atoms with Crippen LogP contribution >= 0.6 is 0 Å².